The number of likely N-dealkylation sites (tertiary alicyclic amines) is 1. The van der Waals surface area contributed by atoms with E-state index in [1.54, 1.807) is 13.0 Å². The van der Waals surface area contributed by atoms with E-state index in [0.717, 1.165) is 25.7 Å². The zero-order chi connectivity index (χ0) is 22.3. The third-order valence-electron chi connectivity index (χ3n) is 5.89. The van der Waals surface area contributed by atoms with Gasteiger partial charge in [0.25, 0.3) is 0 Å². The van der Waals surface area contributed by atoms with Gasteiger partial charge in [0.15, 0.2) is 0 Å². The van der Waals surface area contributed by atoms with E-state index in [2.05, 4.69) is 18.5 Å². The molecule has 0 aromatic carbocycles. The lowest BCUT2D eigenvalue weighted by molar-refractivity contribution is -0.150. The normalized spacial score (nSPS) is 28.5. The van der Waals surface area contributed by atoms with E-state index in [9.17, 15) is 19.5 Å². The highest BCUT2D eigenvalue weighted by atomic mass is 16.5. The number of amides is 2. The van der Waals surface area contributed by atoms with Gasteiger partial charge in [-0.25, -0.2) is 4.79 Å². The van der Waals surface area contributed by atoms with Crippen molar-refractivity contribution in [2.45, 2.75) is 75.6 Å². The molecule has 2 rings (SSSR count). The largest absolute Gasteiger partial charge is 0.464 e. The van der Waals surface area contributed by atoms with Crippen molar-refractivity contribution in [1.29, 1.82) is 0 Å². The van der Waals surface area contributed by atoms with Crippen LogP contribution in [0.4, 0.5) is 0 Å². The van der Waals surface area contributed by atoms with Crippen LogP contribution in [0.3, 0.4) is 0 Å². The summed E-state index contributed by atoms with van der Waals surface area (Å²) in [6, 6.07) is -1.59. The van der Waals surface area contributed by atoms with Gasteiger partial charge in [0.2, 0.25) is 11.8 Å². The van der Waals surface area contributed by atoms with E-state index in [4.69, 9.17) is 10.5 Å². The molecule has 1 saturated carbocycles. The van der Waals surface area contributed by atoms with Crippen LogP contribution in [0.25, 0.3) is 0 Å². The van der Waals surface area contributed by atoms with E-state index < -0.39 is 35.6 Å². The summed E-state index contributed by atoms with van der Waals surface area (Å²) in [6.45, 7) is 9.35. The quantitative estimate of drug-likeness (QED) is 0.246. The number of β-amino-alcohol motifs (C(OH)–C–C–N with tert-alkyl or cyclic N) is 1. The fourth-order valence-electron chi connectivity index (χ4n) is 4.04. The van der Waals surface area contributed by atoms with Crippen molar-refractivity contribution in [3.8, 4) is 0 Å². The Morgan fingerprint density at radius 2 is 2.07 bits per heavy atom. The highest BCUT2D eigenvalue weighted by Crippen LogP contribution is 2.45. The summed E-state index contributed by atoms with van der Waals surface area (Å²) < 4.78 is 5.11. The second kappa shape index (κ2) is 10.7. The number of carbonyl (C=O) groups is 3. The summed E-state index contributed by atoms with van der Waals surface area (Å²) in [5.41, 5.74) is 4.94. The van der Waals surface area contributed by atoms with E-state index in [-0.39, 0.29) is 31.4 Å². The minimum atomic E-state index is -1.13. The van der Waals surface area contributed by atoms with E-state index >= 15 is 0 Å². The topological polar surface area (TPSA) is 122 Å². The summed E-state index contributed by atoms with van der Waals surface area (Å²) >= 11 is 0. The van der Waals surface area contributed by atoms with Crippen LogP contribution in [-0.4, -0.2) is 64.7 Å². The molecule has 4 N–H and O–H groups in total. The molecule has 0 spiro atoms. The van der Waals surface area contributed by atoms with Crippen LogP contribution < -0.4 is 11.1 Å². The number of unbranched alkanes of at least 4 members (excludes halogenated alkanes) is 3. The van der Waals surface area contributed by atoms with Crippen LogP contribution in [0.2, 0.25) is 0 Å². The van der Waals surface area contributed by atoms with Crippen LogP contribution in [0.15, 0.2) is 25.3 Å². The molecule has 0 aromatic rings. The van der Waals surface area contributed by atoms with Crippen molar-refractivity contribution in [3.05, 3.63) is 25.3 Å². The Morgan fingerprint density at radius 3 is 2.67 bits per heavy atom. The molecule has 0 aromatic heterocycles. The number of nitrogens with zero attached hydrogens (tertiary/aromatic N) is 1. The monoisotopic (exact) mass is 421 g/mol. The number of hydrogen-bond acceptors (Lipinski definition) is 6. The molecule has 8 nitrogen and oxygen atoms in total. The van der Waals surface area contributed by atoms with Gasteiger partial charge in [-0.05, 0) is 32.6 Å². The van der Waals surface area contributed by atoms with Crippen molar-refractivity contribution in [1.82, 2.24) is 10.2 Å². The van der Waals surface area contributed by atoms with Crippen LogP contribution in [0, 0.1) is 5.92 Å². The first kappa shape index (κ1) is 24.1. The minimum Gasteiger partial charge on any atom is -0.464 e. The molecule has 1 saturated heterocycles. The molecule has 1 aliphatic carbocycles. The van der Waals surface area contributed by atoms with Gasteiger partial charge in [-0.15, -0.1) is 13.2 Å². The molecule has 2 fully saturated rings. The van der Waals surface area contributed by atoms with Crippen LogP contribution in [-0.2, 0) is 19.1 Å². The lowest BCUT2D eigenvalue weighted by Crippen LogP contribution is -2.55. The highest BCUT2D eigenvalue weighted by Gasteiger charge is 2.62. The Bertz CT molecular complexity index is 667. The lowest BCUT2D eigenvalue weighted by atomic mass is 10.1. The summed E-state index contributed by atoms with van der Waals surface area (Å²) in [6.07, 6.45) is 7.39. The highest BCUT2D eigenvalue weighted by molar-refractivity contribution is 5.96. The first-order valence-electron chi connectivity index (χ1n) is 10.8. The number of nitrogens with two attached hydrogens (primary N) is 1. The number of aliphatic hydroxyl groups excluding tert-OH is 1. The maximum Gasteiger partial charge on any atom is 0.332 e. The first-order chi connectivity index (χ1) is 14.3. The Hall–Kier alpha value is -2.19. The van der Waals surface area contributed by atoms with Crippen molar-refractivity contribution in [3.63, 3.8) is 0 Å². The molecule has 168 valence electrons. The number of nitrogens with one attached hydrogen (secondary N) is 1. The van der Waals surface area contributed by atoms with E-state index in [0.29, 0.717) is 12.8 Å². The minimum absolute atomic E-state index is 0.0539. The first-order valence-corrected chi connectivity index (χ1v) is 10.8. The molecule has 2 aliphatic rings. The van der Waals surface area contributed by atoms with Gasteiger partial charge in [-0.2, -0.15) is 0 Å². The predicted octanol–water partition coefficient (Wildman–Crippen LogP) is 1.04. The van der Waals surface area contributed by atoms with Crippen molar-refractivity contribution < 1.29 is 24.2 Å². The van der Waals surface area contributed by atoms with Gasteiger partial charge >= 0.3 is 5.97 Å². The fraction of sp³-hybridized carbons (Fsp3) is 0.682. The maximum absolute atomic E-state index is 13.0. The Balaban J connectivity index is 2.00. The molecular weight excluding hydrogens is 386 g/mol. The molecule has 1 heterocycles. The Labute approximate surface area is 178 Å². The fourth-order valence-corrected chi connectivity index (χ4v) is 4.04. The molecule has 0 bridgehead atoms. The van der Waals surface area contributed by atoms with Gasteiger partial charge < -0.3 is 25.8 Å². The number of esters is 1. The van der Waals surface area contributed by atoms with Gasteiger partial charge in [0.1, 0.15) is 11.6 Å². The smallest absolute Gasteiger partial charge is 0.332 e. The number of allylic oxidation sites excluding steroid dienone is 1. The molecule has 5 atom stereocenters. The summed E-state index contributed by atoms with van der Waals surface area (Å²) in [7, 11) is 0. The molecule has 30 heavy (non-hydrogen) atoms. The molecule has 2 amide bonds. The van der Waals surface area contributed by atoms with Gasteiger partial charge in [-0.3, -0.25) is 9.59 Å². The predicted molar refractivity (Wildman–Crippen MR) is 113 cm³/mol. The molecule has 1 aliphatic heterocycles. The zero-order valence-electron chi connectivity index (χ0n) is 17.8. The Morgan fingerprint density at radius 1 is 1.33 bits per heavy atom. The van der Waals surface area contributed by atoms with Crippen LogP contribution in [0.5, 0.6) is 0 Å². The standard InChI is InChI=1S/C22H35N3O5/c1-4-7-8-9-10-11-17(23)20(28)25-14-16(26)12-18(25)19(27)24-22(13-15(22)5-2)21(29)30-6-3/h4-5,15-18,26H,1-2,6-14,23H2,3H3,(H,24,27)/t15-,16+,17+,18+,22-/m1/s1. The molecular formula is C22H35N3O5. The second-order valence-electron chi connectivity index (χ2n) is 8.16. The van der Waals surface area contributed by atoms with Gasteiger partial charge in [-0.1, -0.05) is 25.0 Å². The number of rotatable bonds is 12. The third-order valence-corrected chi connectivity index (χ3v) is 5.89. The van der Waals surface area contributed by atoms with Gasteiger partial charge in [0.05, 0.1) is 18.8 Å². The van der Waals surface area contributed by atoms with Crippen molar-refractivity contribution in [2.24, 2.45) is 11.7 Å². The molecule has 8 heteroatoms. The van der Waals surface area contributed by atoms with Crippen LogP contribution >= 0.6 is 0 Å². The average molecular weight is 422 g/mol. The lowest BCUT2D eigenvalue weighted by Gasteiger charge is -2.28. The zero-order valence-corrected chi connectivity index (χ0v) is 17.8. The van der Waals surface area contributed by atoms with Crippen molar-refractivity contribution in [2.75, 3.05) is 13.2 Å². The number of hydrogen-bond donors (Lipinski definition) is 3. The molecule has 0 unspecified atom stereocenters. The third kappa shape index (κ3) is 5.49. The summed E-state index contributed by atoms with van der Waals surface area (Å²) in [4.78, 5) is 39.6. The summed E-state index contributed by atoms with van der Waals surface area (Å²) in [5.74, 6) is -1.54. The molecule has 0 radical (unpaired) electrons. The maximum atomic E-state index is 13.0. The number of aliphatic hydroxyl groups is 1. The van der Waals surface area contributed by atoms with Crippen LogP contribution in [0.1, 0.15) is 51.9 Å². The SMILES string of the molecule is C=CCCCCC[C@H](N)C(=O)N1C[C@@H](O)C[C@H]1C(=O)N[C@]1(C(=O)OCC)C[C@H]1C=C. The Kier molecular flexibility index (Phi) is 8.61. The summed E-state index contributed by atoms with van der Waals surface area (Å²) in [5, 5.41) is 12.9. The average Bonchev–Trinajstić information content (AvgIpc) is 3.30. The van der Waals surface area contributed by atoms with Crippen molar-refractivity contribution >= 4 is 17.8 Å². The van der Waals surface area contributed by atoms with E-state index in [1.165, 1.54) is 4.90 Å². The van der Waals surface area contributed by atoms with E-state index in [1.807, 2.05) is 6.08 Å². The van der Waals surface area contributed by atoms with Gasteiger partial charge in [0, 0.05) is 18.9 Å². The number of carbonyl (C=O) groups excluding carboxylic acids is 3. The number of ether oxygens (including phenoxy) is 1. The second-order valence-corrected chi connectivity index (χ2v) is 8.16.